The van der Waals surface area contributed by atoms with Crippen molar-refractivity contribution in [2.75, 3.05) is 59.6 Å². The molecule has 256 valence electrons. The number of methoxy groups -OCH3 is 1. The van der Waals surface area contributed by atoms with Gasteiger partial charge in [-0.25, -0.2) is 23.8 Å². The van der Waals surface area contributed by atoms with Gasteiger partial charge in [-0.05, 0) is 38.1 Å². The predicted octanol–water partition coefficient (Wildman–Crippen LogP) is 0.440. The van der Waals surface area contributed by atoms with Crippen molar-refractivity contribution in [1.29, 1.82) is 0 Å². The highest BCUT2D eigenvalue weighted by molar-refractivity contribution is 7.89. The van der Waals surface area contributed by atoms with Crippen LogP contribution in [0.5, 0.6) is 5.88 Å². The molecule has 0 spiro atoms. The number of pyridine rings is 1. The number of nitrogens with one attached hydrogen (secondary N) is 3. The number of fused-ring (bicyclic) bond motifs is 1. The van der Waals surface area contributed by atoms with Gasteiger partial charge in [-0.2, -0.15) is 12.7 Å². The molecule has 17 heteroatoms. The zero-order valence-electron chi connectivity index (χ0n) is 26.6. The number of aromatic nitrogens is 1. The summed E-state index contributed by atoms with van der Waals surface area (Å²) in [6, 6.07) is 8.45. The second kappa shape index (κ2) is 15.9. The molecule has 4 atom stereocenters. The molecule has 4 heterocycles. The van der Waals surface area contributed by atoms with E-state index in [1.54, 1.807) is 31.4 Å². The third-order valence-corrected chi connectivity index (χ3v) is 11.0. The van der Waals surface area contributed by atoms with Gasteiger partial charge in [0.1, 0.15) is 17.1 Å². The Balaban J connectivity index is 0.000000409. The Kier molecular flexibility index (Phi) is 12.5. The summed E-state index contributed by atoms with van der Waals surface area (Å²) < 4.78 is 68.6. The molecule has 1 aromatic heterocycles. The summed E-state index contributed by atoms with van der Waals surface area (Å²) in [6.45, 7) is 10.7. The first-order valence-corrected chi connectivity index (χ1v) is 18.3. The number of sulfonamides is 1. The number of hydrogen-bond donors (Lipinski definition) is 4. The van der Waals surface area contributed by atoms with Crippen molar-refractivity contribution in [2.24, 2.45) is 0 Å². The lowest BCUT2D eigenvalue weighted by atomic mass is 9.96. The molecule has 0 aliphatic carbocycles. The summed E-state index contributed by atoms with van der Waals surface area (Å²) in [5.74, 6) is 0.146. The lowest BCUT2D eigenvalue weighted by molar-refractivity contribution is -0.126. The van der Waals surface area contributed by atoms with Crippen LogP contribution in [-0.2, 0) is 29.7 Å². The Morgan fingerprint density at radius 2 is 1.72 bits per heavy atom. The van der Waals surface area contributed by atoms with Gasteiger partial charge in [0.05, 0.1) is 35.9 Å². The van der Waals surface area contributed by atoms with Gasteiger partial charge in [-0.3, -0.25) is 14.7 Å². The first-order chi connectivity index (χ1) is 21.9. The first-order valence-electron chi connectivity index (χ1n) is 15.4. The quantitative estimate of drug-likeness (QED) is 0.240. The number of carbonyl (C=O) groups is 1. The van der Waals surface area contributed by atoms with Crippen LogP contribution in [0.1, 0.15) is 38.9 Å². The molecule has 5 rings (SSSR count). The normalized spacial score (nSPS) is 24.5. The Hall–Kier alpha value is -2.74. The van der Waals surface area contributed by atoms with Crippen molar-refractivity contribution in [2.45, 2.75) is 61.3 Å². The highest BCUT2D eigenvalue weighted by Gasteiger charge is 2.48. The molecule has 0 radical (unpaired) electrons. The molecule has 15 nitrogen and oxygen atoms in total. The molecule has 4 unspecified atom stereocenters. The number of rotatable bonds is 11. The average molecular weight is 684 g/mol. The highest BCUT2D eigenvalue weighted by atomic mass is 32.2. The van der Waals surface area contributed by atoms with E-state index >= 15 is 0 Å². The van der Waals surface area contributed by atoms with Crippen LogP contribution in [0, 0.1) is 0 Å². The summed E-state index contributed by atoms with van der Waals surface area (Å²) in [4.78, 5) is 19.8. The number of hydrazine groups is 1. The lowest BCUT2D eigenvalue weighted by Crippen LogP contribution is -2.62. The van der Waals surface area contributed by atoms with Crippen LogP contribution in [-0.4, -0.2) is 124 Å². The van der Waals surface area contributed by atoms with E-state index < -0.39 is 32.3 Å². The van der Waals surface area contributed by atoms with E-state index in [2.05, 4.69) is 39.8 Å². The zero-order valence-corrected chi connectivity index (χ0v) is 28.3. The fourth-order valence-corrected chi connectivity index (χ4v) is 7.71. The third-order valence-electron chi connectivity index (χ3n) is 8.26. The van der Waals surface area contributed by atoms with Crippen LogP contribution in [0.25, 0.3) is 0 Å². The van der Waals surface area contributed by atoms with E-state index in [1.165, 1.54) is 22.6 Å². The SMILES string of the molecule is CCOc1ncc(S(=O)(=O)N2CCN(CC)CC2)cc1C1NC(=O)C2NN(CCOC)C(CC)C2N1.O=S(=O)(O)c1ccccc1. The summed E-state index contributed by atoms with van der Waals surface area (Å²) >= 11 is 0. The van der Waals surface area contributed by atoms with Gasteiger partial charge in [-0.15, -0.1) is 0 Å². The van der Waals surface area contributed by atoms with E-state index in [0.29, 0.717) is 57.4 Å². The van der Waals surface area contributed by atoms with Crippen molar-refractivity contribution in [3.8, 4) is 5.88 Å². The number of benzene rings is 1. The van der Waals surface area contributed by atoms with Crippen LogP contribution in [0.15, 0.2) is 52.4 Å². The second-order valence-electron chi connectivity index (χ2n) is 11.0. The second-order valence-corrected chi connectivity index (χ2v) is 14.4. The van der Waals surface area contributed by atoms with Crippen molar-refractivity contribution >= 4 is 26.0 Å². The fraction of sp³-hybridized carbons (Fsp3) is 0.586. The van der Waals surface area contributed by atoms with Gasteiger partial charge in [0.15, 0.2) is 0 Å². The Morgan fingerprint density at radius 1 is 1.02 bits per heavy atom. The van der Waals surface area contributed by atoms with Gasteiger partial charge >= 0.3 is 0 Å². The third kappa shape index (κ3) is 8.39. The number of nitrogens with zero attached hydrogens (tertiary/aromatic N) is 4. The zero-order chi connectivity index (χ0) is 33.5. The molecule has 2 aromatic rings. The number of piperazine rings is 1. The van der Waals surface area contributed by atoms with E-state index in [-0.39, 0.29) is 27.8 Å². The molecule has 1 amide bonds. The number of ether oxygens (including phenoxy) is 2. The van der Waals surface area contributed by atoms with Crippen LogP contribution >= 0.6 is 0 Å². The number of carbonyl (C=O) groups excluding carboxylic acids is 1. The van der Waals surface area contributed by atoms with Crippen molar-refractivity contribution in [1.82, 2.24) is 35.3 Å². The molecular weight excluding hydrogens is 638 g/mol. The van der Waals surface area contributed by atoms with Crippen LogP contribution < -0.4 is 20.8 Å². The molecule has 1 aromatic carbocycles. The topological polar surface area (TPSA) is 183 Å². The minimum Gasteiger partial charge on any atom is -0.478 e. The van der Waals surface area contributed by atoms with Gasteiger partial charge in [-0.1, -0.05) is 32.0 Å². The number of likely N-dealkylation sites (N-methyl/N-ethyl adjacent to an activating group) is 1. The van der Waals surface area contributed by atoms with E-state index in [9.17, 15) is 21.6 Å². The van der Waals surface area contributed by atoms with Gasteiger partial charge in [0.2, 0.25) is 21.8 Å². The first kappa shape index (κ1) is 36.1. The Morgan fingerprint density at radius 3 is 2.28 bits per heavy atom. The van der Waals surface area contributed by atoms with Crippen LogP contribution in [0.4, 0.5) is 0 Å². The van der Waals surface area contributed by atoms with Gasteiger partial charge in [0, 0.05) is 45.9 Å². The molecule has 0 saturated carbocycles. The maximum absolute atomic E-state index is 13.5. The van der Waals surface area contributed by atoms with Crippen LogP contribution in [0.3, 0.4) is 0 Å². The minimum absolute atomic E-state index is 0.0592. The summed E-state index contributed by atoms with van der Waals surface area (Å²) in [5.41, 5.74) is 3.80. The summed E-state index contributed by atoms with van der Waals surface area (Å²) in [7, 11) is -6.09. The van der Waals surface area contributed by atoms with Crippen LogP contribution in [0.2, 0.25) is 0 Å². The molecular formula is C29H45N7O8S2. The molecule has 3 fully saturated rings. The maximum Gasteiger partial charge on any atom is 0.294 e. The lowest BCUT2D eigenvalue weighted by Gasteiger charge is -2.36. The molecule has 3 saturated heterocycles. The molecule has 3 aliphatic heterocycles. The summed E-state index contributed by atoms with van der Waals surface area (Å²) in [5, 5.41) is 8.57. The summed E-state index contributed by atoms with van der Waals surface area (Å²) in [6.07, 6.45) is 1.53. The van der Waals surface area contributed by atoms with Gasteiger partial charge < -0.3 is 19.7 Å². The largest absolute Gasteiger partial charge is 0.478 e. The van der Waals surface area contributed by atoms with E-state index in [0.717, 1.165) is 13.0 Å². The van der Waals surface area contributed by atoms with E-state index in [4.69, 9.17) is 14.0 Å². The fourth-order valence-electron chi connectivity index (χ4n) is 5.81. The maximum atomic E-state index is 13.5. The number of amides is 1. The monoisotopic (exact) mass is 683 g/mol. The average Bonchev–Trinajstić information content (AvgIpc) is 3.42. The molecule has 46 heavy (non-hydrogen) atoms. The van der Waals surface area contributed by atoms with Gasteiger partial charge in [0.25, 0.3) is 10.1 Å². The molecule has 4 N–H and O–H groups in total. The molecule has 3 aliphatic rings. The Labute approximate surface area is 271 Å². The predicted molar refractivity (Wildman–Crippen MR) is 170 cm³/mol. The van der Waals surface area contributed by atoms with Crippen molar-refractivity contribution in [3.05, 3.63) is 48.2 Å². The minimum atomic E-state index is -4.00. The smallest absolute Gasteiger partial charge is 0.294 e. The van der Waals surface area contributed by atoms with E-state index in [1.807, 2.05) is 11.9 Å². The molecule has 0 bridgehead atoms. The van der Waals surface area contributed by atoms with Crippen molar-refractivity contribution in [3.63, 3.8) is 0 Å². The highest BCUT2D eigenvalue weighted by Crippen LogP contribution is 2.31. The standard InChI is InChI=1S/C23H39N7O5S.C6H6O3S/c1-5-18-19-20(27-30(18)12-13-34-4)22(31)26-21(25-19)17-14-16(15-24-23(17)35-7-3)36(32,33)29-10-8-28(6-2)9-11-29;7-10(8,9)6-4-2-1-3-5-6/h14-15,18-21,25,27H,5-13H2,1-4H3,(H,26,31);1-5H,(H,7,8,9). The van der Waals surface area contributed by atoms with Crippen molar-refractivity contribution < 1.29 is 35.7 Å². The Bertz CT molecular complexity index is 1520. The number of hydrogen-bond acceptors (Lipinski definition) is 12.